The number of aliphatic hydroxyl groups is 5. The van der Waals surface area contributed by atoms with E-state index < -0.39 is 119 Å². The second-order valence-electron chi connectivity index (χ2n) is 26.2. The van der Waals surface area contributed by atoms with Gasteiger partial charge in [-0.15, -0.1) is 11.6 Å². The fourth-order valence-corrected chi connectivity index (χ4v) is 15.0. The Morgan fingerprint density at radius 2 is 1.59 bits per heavy atom. The predicted octanol–water partition coefficient (Wildman–Crippen LogP) is 5.80. The lowest BCUT2D eigenvalue weighted by atomic mass is 9.77. The topological polar surface area (TPSA) is 302 Å². The molecule has 1 saturated carbocycles. The molecule has 2 amide bonds. The van der Waals surface area contributed by atoms with E-state index in [1.54, 1.807) is 72.8 Å². The number of phenols is 2. The Morgan fingerprint density at radius 3 is 2.19 bits per heavy atom. The first-order chi connectivity index (χ1) is 41.3. The number of carbonyl (C=O) groups is 4. The molecule has 5 heterocycles. The lowest BCUT2D eigenvalue weighted by molar-refractivity contribution is -0.160. The number of alkyl halides is 1. The van der Waals surface area contributed by atoms with Crippen molar-refractivity contribution in [1.82, 2.24) is 15.1 Å². The van der Waals surface area contributed by atoms with Crippen LogP contribution < -0.4 is 26.1 Å². The second kappa shape index (κ2) is 29.2. The Hall–Kier alpha value is -4.88. The molecule has 3 fully saturated rings. The Kier molecular flexibility index (Phi) is 23.4. The quantitative estimate of drug-likeness (QED) is 0.0729. The van der Waals surface area contributed by atoms with Gasteiger partial charge in [0.1, 0.15) is 40.1 Å². The Balaban J connectivity index is 0.000000341. The molecular formula is C65H97ClN6O15S. The summed E-state index contributed by atoms with van der Waals surface area (Å²) in [7, 11) is 3.44. The van der Waals surface area contributed by atoms with Gasteiger partial charge >= 0.3 is 11.8 Å². The van der Waals surface area contributed by atoms with E-state index in [9.17, 15) is 54.9 Å². The van der Waals surface area contributed by atoms with Crippen LogP contribution in [0.4, 0.5) is 5.69 Å². The standard InChI is InChI=1S/C46H62N4O11.C19H35ClN2O4S/c1-22(2)21-50-18-16-46(17-19-50)48-34-31-32-39(54)28(8)42-33(31)43(56)45(10,61-42)59-20-15-30(58-11)25(5)41(60-29(9)51)27(7)38(53)26(6)37(52)23(3)13-12-14-24(4)44(57)47-36(40(32)55)35(34)49-46;1-5-6-11-7-13(22(3)9-11)19(26)21-15(10(2)20)12-8-14(27-4)17(24)18(25)16(12)23/h12-15,20,22-23,25-27,30,37-38,41,48,52-55H,16-19,21H2,1-11H3;10-18,23-25H,5-9H2,1-4H3,(H,21,26)/b13-12+,20-15+,24-14-,47-36?;/t23-,25+,26+,27+,30-,37-,38+,41+,45-;/m0./s1. The first kappa shape index (κ1) is 70.6. The maximum Gasteiger partial charge on any atom is 0.312 e. The summed E-state index contributed by atoms with van der Waals surface area (Å²) >= 11 is 7.85. The van der Waals surface area contributed by atoms with Gasteiger partial charge in [0, 0.05) is 111 Å². The van der Waals surface area contributed by atoms with Gasteiger partial charge in [0.05, 0.1) is 70.9 Å². The molecule has 6 aliphatic rings. The number of thioether (sulfide) groups is 1. The van der Waals surface area contributed by atoms with E-state index in [-0.39, 0.29) is 66.9 Å². The van der Waals surface area contributed by atoms with Crippen LogP contribution in [-0.4, -0.2) is 193 Å². The third-order valence-electron chi connectivity index (χ3n) is 19.1. The number of likely N-dealkylation sites (tertiary alicyclic amines) is 2. The largest absolute Gasteiger partial charge is 0.507 e. The number of benzene rings is 2. The molecule has 88 heavy (non-hydrogen) atoms. The minimum atomic E-state index is -1.95. The number of aromatic hydroxyl groups is 2. The molecule has 9 unspecified atom stereocenters. The van der Waals surface area contributed by atoms with Crippen molar-refractivity contribution in [3.05, 3.63) is 58.0 Å². The summed E-state index contributed by atoms with van der Waals surface area (Å²) in [6.45, 7) is 24.4. The summed E-state index contributed by atoms with van der Waals surface area (Å²) in [6, 6.07) is -0.656. The fourth-order valence-electron chi connectivity index (χ4n) is 13.9. The van der Waals surface area contributed by atoms with E-state index in [1.807, 2.05) is 13.3 Å². The third-order valence-corrected chi connectivity index (χ3v) is 20.5. The van der Waals surface area contributed by atoms with E-state index in [2.05, 4.69) is 46.2 Å². The Bertz CT molecular complexity index is 3100. The van der Waals surface area contributed by atoms with E-state index in [4.69, 9.17) is 35.5 Å². The van der Waals surface area contributed by atoms with Crippen molar-refractivity contribution < 1.29 is 73.9 Å². The second-order valence-corrected chi connectivity index (χ2v) is 27.9. The molecule has 5 aliphatic heterocycles. The number of nitrogens with zero attached hydrogens (tertiary/aromatic N) is 4. The molecule has 0 radical (unpaired) electrons. The van der Waals surface area contributed by atoms with Crippen molar-refractivity contribution in [2.75, 3.05) is 51.9 Å². The smallest absolute Gasteiger partial charge is 0.312 e. The normalized spacial score (nSPS) is 34.9. The highest BCUT2D eigenvalue weighted by Crippen LogP contribution is 2.51. The zero-order chi connectivity index (χ0) is 65.2. The number of rotatable bonds is 11. The number of hydrogen-bond acceptors (Lipinski definition) is 20. The fraction of sp³-hybridized carbons (Fsp3) is 0.692. The number of ether oxygens (including phenoxy) is 4. The molecule has 2 saturated heterocycles. The number of carbonyl (C=O) groups excluding carboxylic acids is 4. The maximum absolute atomic E-state index is 14.7. The molecule has 2 aromatic carbocycles. The van der Waals surface area contributed by atoms with Crippen molar-refractivity contribution >= 4 is 63.4 Å². The number of ketones is 1. The SMILES string of the molecule is CCCC1CC(C(=O)NC(C(C)Cl)C2CC(SC)C(O)C(O)C2O)N(C)C1.CO[C@H]1/C=C/O[C@@]2(C)Oc3c(C)c(O)c4c(O)c(c5c(c4c3C2=O)NC2(CCN(CC(C)C)CC2)N=5)=NC(=O)/C(C)=C\C=C\[C@H](C)[C@H](O)[C@@H](C)[C@@H](O)[C@@H](C)[C@H](OC(C)=O)[C@@H]1C. The molecule has 9 N–H and O–H groups in total. The van der Waals surface area contributed by atoms with Gasteiger partial charge in [-0.2, -0.15) is 11.8 Å². The summed E-state index contributed by atoms with van der Waals surface area (Å²) in [4.78, 5) is 67.9. The van der Waals surface area contributed by atoms with Gasteiger partial charge in [-0.05, 0) is 71.2 Å². The molecule has 21 nitrogen and oxygen atoms in total. The first-order valence-corrected chi connectivity index (χ1v) is 32.9. The minimum absolute atomic E-state index is 0.0538. The zero-order valence-electron chi connectivity index (χ0n) is 53.8. The molecule has 0 aromatic heterocycles. The van der Waals surface area contributed by atoms with Crippen molar-refractivity contribution in [1.29, 1.82) is 0 Å². The van der Waals surface area contributed by atoms with Crippen LogP contribution in [0.15, 0.2) is 46.1 Å². The van der Waals surface area contributed by atoms with Crippen molar-refractivity contribution in [3.8, 4) is 17.2 Å². The monoisotopic (exact) mass is 1270 g/mol. The van der Waals surface area contributed by atoms with Gasteiger partial charge in [-0.25, -0.2) is 4.99 Å². The molecule has 4 bridgehead atoms. The average molecular weight is 1270 g/mol. The summed E-state index contributed by atoms with van der Waals surface area (Å²) in [5.41, 5.74) is -0.111. The van der Waals surface area contributed by atoms with Crippen molar-refractivity contribution in [2.45, 2.75) is 198 Å². The van der Waals surface area contributed by atoms with Gasteiger partial charge in [0.25, 0.3) is 11.7 Å². The van der Waals surface area contributed by atoms with Crippen molar-refractivity contribution in [3.63, 3.8) is 0 Å². The highest BCUT2D eigenvalue weighted by molar-refractivity contribution is 7.99. The number of hydrogen-bond donors (Lipinski definition) is 9. The number of allylic oxidation sites excluding steroid dienone is 2. The van der Waals surface area contributed by atoms with Crippen LogP contribution in [0, 0.1) is 48.3 Å². The van der Waals surface area contributed by atoms with E-state index in [0.29, 0.717) is 36.8 Å². The number of methoxy groups -OCH3 is 1. The van der Waals surface area contributed by atoms with Gasteiger partial charge in [-0.3, -0.25) is 29.1 Å². The number of halogens is 1. The van der Waals surface area contributed by atoms with E-state index in [0.717, 1.165) is 45.4 Å². The van der Waals surface area contributed by atoms with Crippen LogP contribution in [-0.2, 0) is 28.6 Å². The van der Waals surface area contributed by atoms with E-state index in [1.165, 1.54) is 39.0 Å². The number of Topliss-reactive ketones (excluding diaryl/α,β-unsaturated/α-hetero) is 1. The number of likely N-dealkylation sites (N-methyl/N-ethyl adjacent to an activating group) is 1. The zero-order valence-corrected chi connectivity index (χ0v) is 55.4. The highest BCUT2D eigenvalue weighted by atomic mass is 35.5. The first-order valence-electron chi connectivity index (χ1n) is 31.1. The predicted molar refractivity (Wildman–Crippen MR) is 338 cm³/mol. The van der Waals surface area contributed by atoms with Crippen LogP contribution >= 0.6 is 23.4 Å². The minimum Gasteiger partial charge on any atom is -0.507 e. The van der Waals surface area contributed by atoms with Gasteiger partial charge in [0.15, 0.2) is 5.75 Å². The summed E-state index contributed by atoms with van der Waals surface area (Å²) in [5, 5.41) is 83.9. The van der Waals surface area contributed by atoms with Crippen molar-refractivity contribution in [2.24, 2.45) is 51.4 Å². The maximum atomic E-state index is 14.7. The number of esters is 1. The van der Waals surface area contributed by atoms with E-state index >= 15 is 0 Å². The lowest BCUT2D eigenvalue weighted by Crippen LogP contribution is -2.61. The van der Waals surface area contributed by atoms with Crippen LogP contribution in [0.1, 0.15) is 131 Å². The average Bonchev–Trinajstić information content (AvgIpc) is 1.57. The highest BCUT2D eigenvalue weighted by Gasteiger charge is 2.52. The summed E-state index contributed by atoms with van der Waals surface area (Å²) in [6.07, 6.45) is 7.15. The molecule has 1 spiro atoms. The van der Waals surface area contributed by atoms with Crippen LogP contribution in [0.2, 0.25) is 0 Å². The molecule has 18 atom stereocenters. The number of anilines is 1. The number of fused-ring (bicyclic) bond motifs is 1. The summed E-state index contributed by atoms with van der Waals surface area (Å²) < 4.78 is 24.0. The number of nitrogens with one attached hydrogen (secondary N) is 2. The molecule has 490 valence electrons. The molecule has 8 rings (SSSR count). The number of piperidine rings is 1. The van der Waals surface area contributed by atoms with Gasteiger partial charge in [-0.1, -0.05) is 73.1 Å². The molecular weight excluding hydrogens is 1170 g/mol. The van der Waals surface area contributed by atoms with Crippen LogP contribution in [0.5, 0.6) is 17.2 Å². The third kappa shape index (κ3) is 14.7. The number of amides is 2. The summed E-state index contributed by atoms with van der Waals surface area (Å²) in [5.74, 6) is -6.51. The number of aliphatic hydroxyl groups excluding tert-OH is 5. The Morgan fingerprint density at radius 1 is 0.920 bits per heavy atom. The number of phenolic OH excluding ortho intramolecular Hbond substituents is 2. The molecule has 2 aromatic rings. The van der Waals surface area contributed by atoms with Gasteiger partial charge < -0.3 is 70.2 Å². The van der Waals surface area contributed by atoms with Gasteiger partial charge in [0.2, 0.25) is 5.91 Å². The van der Waals surface area contributed by atoms with Crippen LogP contribution in [0.25, 0.3) is 10.8 Å². The molecule has 23 heteroatoms. The molecule has 1 aliphatic carbocycles. The lowest BCUT2D eigenvalue weighted by Gasteiger charge is -2.44. The Labute approximate surface area is 527 Å². The van der Waals surface area contributed by atoms with Crippen LogP contribution in [0.3, 0.4) is 0 Å².